The van der Waals surface area contributed by atoms with E-state index in [2.05, 4.69) is 15.1 Å². The van der Waals surface area contributed by atoms with Gasteiger partial charge in [-0.15, -0.1) is 0 Å². The second-order valence-corrected chi connectivity index (χ2v) is 7.92. The quantitative estimate of drug-likeness (QED) is 0.554. The van der Waals surface area contributed by atoms with Gasteiger partial charge in [0.2, 0.25) is 0 Å². The van der Waals surface area contributed by atoms with Crippen LogP contribution in [0.15, 0.2) is 29.7 Å². The Kier molecular flexibility index (Phi) is 4.26. The van der Waals surface area contributed by atoms with Crippen molar-refractivity contribution in [3.63, 3.8) is 0 Å². The van der Waals surface area contributed by atoms with Gasteiger partial charge in [-0.1, -0.05) is 5.16 Å². The van der Waals surface area contributed by atoms with Gasteiger partial charge in [0, 0.05) is 28.1 Å². The summed E-state index contributed by atoms with van der Waals surface area (Å²) in [4.78, 5) is 8.58. The molecule has 0 saturated heterocycles. The third-order valence-corrected chi connectivity index (χ3v) is 5.72. The molecule has 5 N–H and O–H groups in total. The van der Waals surface area contributed by atoms with Crippen molar-refractivity contribution in [2.24, 2.45) is 10.9 Å². The lowest BCUT2D eigenvalue weighted by molar-refractivity contribution is 0.147. The second kappa shape index (κ2) is 6.49. The highest BCUT2D eigenvalue weighted by atomic mass is 16.5. The monoisotopic (exact) mass is 367 g/mol. The molecule has 0 aliphatic heterocycles. The summed E-state index contributed by atoms with van der Waals surface area (Å²) in [6.07, 6.45) is 5.50. The summed E-state index contributed by atoms with van der Waals surface area (Å²) in [7, 11) is 0. The fourth-order valence-electron chi connectivity index (χ4n) is 4.25. The van der Waals surface area contributed by atoms with Crippen LogP contribution in [0.25, 0.3) is 11.3 Å². The molecule has 0 amide bonds. The molecule has 142 valence electrons. The Morgan fingerprint density at radius 3 is 2.59 bits per heavy atom. The van der Waals surface area contributed by atoms with Gasteiger partial charge in [0.1, 0.15) is 17.9 Å². The summed E-state index contributed by atoms with van der Waals surface area (Å²) in [6.45, 7) is 3.92. The Morgan fingerprint density at radius 2 is 1.89 bits per heavy atom. The van der Waals surface area contributed by atoms with Crippen molar-refractivity contribution in [2.45, 2.75) is 57.1 Å². The molecular formula is C20H25N5O2. The van der Waals surface area contributed by atoms with E-state index in [1.165, 1.54) is 6.33 Å². The van der Waals surface area contributed by atoms with E-state index in [0.717, 1.165) is 53.8 Å². The van der Waals surface area contributed by atoms with E-state index in [1.807, 2.05) is 32.0 Å². The fraction of sp³-hybridized carbons (Fsp3) is 0.450. The van der Waals surface area contributed by atoms with Crippen LogP contribution in [-0.2, 0) is 5.41 Å². The third-order valence-electron chi connectivity index (χ3n) is 5.72. The third kappa shape index (κ3) is 2.92. The average Bonchev–Trinajstić information content (AvgIpc) is 2.63. The predicted octanol–water partition coefficient (Wildman–Crippen LogP) is 2.84. The van der Waals surface area contributed by atoms with Crippen molar-refractivity contribution in [3.05, 3.63) is 35.7 Å². The first-order chi connectivity index (χ1) is 12.9. The molecule has 0 unspecified atom stereocenters. The van der Waals surface area contributed by atoms with Gasteiger partial charge in [0.25, 0.3) is 0 Å². The summed E-state index contributed by atoms with van der Waals surface area (Å²) < 4.78 is 6.19. The lowest BCUT2D eigenvalue weighted by Gasteiger charge is -2.34. The Hall–Kier alpha value is -2.67. The molecule has 1 aromatic carbocycles. The minimum Gasteiger partial charge on any atom is -0.490 e. The van der Waals surface area contributed by atoms with E-state index in [9.17, 15) is 5.21 Å². The van der Waals surface area contributed by atoms with E-state index < -0.39 is 5.41 Å². The smallest absolute Gasteiger partial charge is 0.131 e. The normalized spacial score (nSPS) is 24.9. The van der Waals surface area contributed by atoms with Gasteiger partial charge in [-0.2, -0.15) is 0 Å². The number of nitrogens with two attached hydrogens (primary N) is 2. The minimum absolute atomic E-state index is 0.166. The highest BCUT2D eigenvalue weighted by Crippen LogP contribution is 2.45. The van der Waals surface area contributed by atoms with E-state index in [-0.39, 0.29) is 12.1 Å². The highest BCUT2D eigenvalue weighted by Gasteiger charge is 2.40. The number of nitrogens with zero attached hydrogens (tertiary/aromatic N) is 3. The number of nitrogen functional groups attached to an aromatic ring is 1. The maximum absolute atomic E-state index is 9.78. The van der Waals surface area contributed by atoms with Crippen molar-refractivity contribution in [2.75, 3.05) is 5.73 Å². The molecule has 27 heavy (non-hydrogen) atoms. The molecule has 7 heteroatoms. The molecule has 4 rings (SSSR count). The molecule has 0 radical (unpaired) electrons. The molecule has 0 spiro atoms. The molecular weight excluding hydrogens is 342 g/mol. The van der Waals surface area contributed by atoms with Gasteiger partial charge in [-0.3, -0.25) is 0 Å². The highest BCUT2D eigenvalue weighted by molar-refractivity contribution is 6.15. The van der Waals surface area contributed by atoms with Gasteiger partial charge >= 0.3 is 0 Å². The number of ether oxygens (including phenoxy) is 1. The minimum atomic E-state index is -0.626. The zero-order valence-electron chi connectivity index (χ0n) is 15.6. The van der Waals surface area contributed by atoms with E-state index >= 15 is 0 Å². The van der Waals surface area contributed by atoms with Gasteiger partial charge in [0.15, 0.2) is 0 Å². The van der Waals surface area contributed by atoms with Crippen molar-refractivity contribution in [1.29, 1.82) is 0 Å². The van der Waals surface area contributed by atoms with Gasteiger partial charge in [-0.25, -0.2) is 9.97 Å². The lowest BCUT2D eigenvalue weighted by atomic mass is 9.70. The maximum atomic E-state index is 9.78. The number of oxime groups is 1. The van der Waals surface area contributed by atoms with Gasteiger partial charge in [-0.05, 0) is 57.7 Å². The maximum Gasteiger partial charge on any atom is 0.131 e. The SMILES string of the molecule is CC1(C)/C(=N/O)c2cc(O[C@H]3CC[C@H](N)CC3)ccc2-c2ncnc(N)c21. The summed E-state index contributed by atoms with van der Waals surface area (Å²) in [5.41, 5.74) is 15.2. The van der Waals surface area contributed by atoms with Gasteiger partial charge < -0.3 is 21.4 Å². The Labute approximate surface area is 158 Å². The molecule has 0 bridgehead atoms. The van der Waals surface area contributed by atoms with E-state index in [0.29, 0.717) is 11.5 Å². The molecule has 1 saturated carbocycles. The summed E-state index contributed by atoms with van der Waals surface area (Å²) in [5.74, 6) is 1.16. The first-order valence-electron chi connectivity index (χ1n) is 9.32. The van der Waals surface area contributed by atoms with Crippen LogP contribution >= 0.6 is 0 Å². The van der Waals surface area contributed by atoms with Crippen molar-refractivity contribution in [3.8, 4) is 17.0 Å². The van der Waals surface area contributed by atoms with Crippen molar-refractivity contribution in [1.82, 2.24) is 9.97 Å². The van der Waals surface area contributed by atoms with E-state index in [1.54, 1.807) is 0 Å². The average molecular weight is 367 g/mol. The molecule has 7 nitrogen and oxygen atoms in total. The van der Waals surface area contributed by atoms with Crippen LogP contribution < -0.4 is 16.2 Å². The fourth-order valence-corrected chi connectivity index (χ4v) is 4.25. The van der Waals surface area contributed by atoms with Crippen LogP contribution in [0, 0.1) is 0 Å². The Morgan fingerprint density at radius 1 is 1.15 bits per heavy atom. The van der Waals surface area contributed by atoms with Crippen LogP contribution in [0.1, 0.15) is 50.7 Å². The van der Waals surface area contributed by atoms with Crippen molar-refractivity contribution < 1.29 is 9.94 Å². The number of anilines is 1. The zero-order valence-corrected chi connectivity index (χ0v) is 15.6. The Bertz CT molecular complexity index is 901. The molecule has 1 fully saturated rings. The van der Waals surface area contributed by atoms with Crippen LogP contribution in [0.4, 0.5) is 5.82 Å². The molecule has 1 heterocycles. The summed E-state index contributed by atoms with van der Waals surface area (Å²) in [6, 6.07) is 6.10. The zero-order chi connectivity index (χ0) is 19.2. The second-order valence-electron chi connectivity index (χ2n) is 7.92. The molecule has 1 aromatic heterocycles. The number of aromatic nitrogens is 2. The van der Waals surface area contributed by atoms with Crippen LogP contribution in [0.3, 0.4) is 0 Å². The first-order valence-corrected chi connectivity index (χ1v) is 9.32. The lowest BCUT2D eigenvalue weighted by Crippen LogP contribution is -2.36. The van der Waals surface area contributed by atoms with Crippen LogP contribution in [0.5, 0.6) is 5.75 Å². The van der Waals surface area contributed by atoms with Crippen molar-refractivity contribution >= 4 is 11.5 Å². The number of hydrogen-bond acceptors (Lipinski definition) is 7. The predicted molar refractivity (Wildman–Crippen MR) is 104 cm³/mol. The first kappa shape index (κ1) is 17.7. The summed E-state index contributed by atoms with van der Waals surface area (Å²) in [5, 5.41) is 13.4. The van der Waals surface area contributed by atoms with Crippen LogP contribution in [-0.4, -0.2) is 33.0 Å². The van der Waals surface area contributed by atoms with E-state index in [4.69, 9.17) is 16.2 Å². The molecule has 2 aliphatic rings. The number of rotatable bonds is 2. The van der Waals surface area contributed by atoms with Gasteiger partial charge in [0.05, 0.1) is 17.5 Å². The molecule has 0 atom stereocenters. The van der Waals surface area contributed by atoms with Crippen LogP contribution in [0.2, 0.25) is 0 Å². The number of hydrogen-bond donors (Lipinski definition) is 3. The summed E-state index contributed by atoms with van der Waals surface area (Å²) >= 11 is 0. The standard InChI is InChI=1S/C20H25N5O2/c1-20(2)16-17(23-10-24-19(16)22)14-8-7-13(9-15(14)18(20)25-26)27-12-5-3-11(21)4-6-12/h7-12,26H,3-6,21H2,1-2H3,(H2,22,23,24)/b25-18+/t11-,12-. The number of benzene rings is 1. The molecule has 2 aliphatic carbocycles. The molecule has 2 aromatic rings. The topological polar surface area (TPSA) is 120 Å². The number of fused-ring (bicyclic) bond motifs is 3. The largest absolute Gasteiger partial charge is 0.490 e. The Balaban J connectivity index is 1.76.